The third-order valence-corrected chi connectivity index (χ3v) is 20.8. The summed E-state index contributed by atoms with van der Waals surface area (Å²) >= 11 is 0. The average molecular weight is 1420 g/mol. The lowest BCUT2D eigenvalue weighted by Gasteiger charge is -2.21. The Kier molecular flexibility index (Phi) is 68.4. The molecule has 576 valence electrons. The molecule has 0 rings (SSSR count). The molecule has 0 aliphatic carbocycles. The number of carbonyl (C=O) groups is 4. The molecule has 4 unspecified atom stereocenters. The Morgan fingerprint density at radius 1 is 0.289 bits per heavy atom. The maximum absolute atomic E-state index is 13.1. The van der Waals surface area contributed by atoms with Crippen molar-refractivity contribution in [1.29, 1.82) is 0 Å². The number of hydrogen-bond donors (Lipinski definition) is 3. The van der Waals surface area contributed by atoms with Crippen molar-refractivity contribution in [3.8, 4) is 0 Å². The summed E-state index contributed by atoms with van der Waals surface area (Å²) in [6, 6.07) is 0. The van der Waals surface area contributed by atoms with Gasteiger partial charge in [0, 0.05) is 25.7 Å². The van der Waals surface area contributed by atoms with Crippen molar-refractivity contribution >= 4 is 39.5 Å². The van der Waals surface area contributed by atoms with Gasteiger partial charge in [-0.05, 0) is 37.5 Å². The minimum Gasteiger partial charge on any atom is -0.462 e. The molecule has 0 saturated carbocycles. The number of unbranched alkanes of at least 4 members (excludes halogenated alkanes) is 45. The third kappa shape index (κ3) is 69.5. The van der Waals surface area contributed by atoms with Gasteiger partial charge in [-0.25, -0.2) is 9.13 Å². The van der Waals surface area contributed by atoms with E-state index in [-0.39, 0.29) is 25.7 Å². The minimum absolute atomic E-state index is 0.106. The van der Waals surface area contributed by atoms with Gasteiger partial charge in [0.15, 0.2) is 12.2 Å². The molecule has 0 aromatic rings. The fourth-order valence-electron chi connectivity index (χ4n) is 11.9. The summed E-state index contributed by atoms with van der Waals surface area (Å²) in [4.78, 5) is 72.9. The van der Waals surface area contributed by atoms with E-state index in [1.807, 2.05) is 0 Å². The summed E-state index contributed by atoms with van der Waals surface area (Å²) in [5.74, 6) is -0.502. The summed E-state index contributed by atoms with van der Waals surface area (Å²) in [5.41, 5.74) is 0. The van der Waals surface area contributed by atoms with Crippen LogP contribution in [0.5, 0.6) is 0 Å². The Morgan fingerprint density at radius 3 is 0.732 bits per heavy atom. The Hall–Kier alpha value is -1.94. The second kappa shape index (κ2) is 69.8. The Bertz CT molecular complexity index is 1880. The molecular weight excluding hydrogens is 1270 g/mol. The van der Waals surface area contributed by atoms with Crippen LogP contribution in [0.15, 0.2) is 0 Å². The van der Waals surface area contributed by atoms with Crippen LogP contribution in [0, 0.1) is 11.8 Å². The van der Waals surface area contributed by atoms with E-state index in [2.05, 4.69) is 41.5 Å². The highest BCUT2D eigenvalue weighted by Crippen LogP contribution is 2.45. The smallest absolute Gasteiger partial charge is 0.462 e. The van der Waals surface area contributed by atoms with Crippen molar-refractivity contribution < 1.29 is 80.2 Å². The normalized spacial score (nSPS) is 14.5. The lowest BCUT2D eigenvalue weighted by atomic mass is 9.99. The van der Waals surface area contributed by atoms with Gasteiger partial charge in [0.25, 0.3) is 0 Å². The van der Waals surface area contributed by atoms with E-state index >= 15 is 0 Å². The van der Waals surface area contributed by atoms with Crippen LogP contribution in [0.2, 0.25) is 0 Å². The van der Waals surface area contributed by atoms with Gasteiger partial charge in [-0.2, -0.15) is 0 Å². The molecule has 0 bridgehead atoms. The molecule has 17 nitrogen and oxygen atoms in total. The molecule has 7 atom stereocenters. The second-order valence-electron chi connectivity index (χ2n) is 28.6. The van der Waals surface area contributed by atoms with Crippen molar-refractivity contribution in [2.75, 3.05) is 39.6 Å². The molecule has 0 aromatic carbocycles. The number of hydrogen-bond acceptors (Lipinski definition) is 15. The Morgan fingerprint density at radius 2 is 0.495 bits per heavy atom. The number of rotatable bonds is 77. The minimum atomic E-state index is -4.96. The zero-order valence-electron chi connectivity index (χ0n) is 63.4. The van der Waals surface area contributed by atoms with Crippen LogP contribution in [0.4, 0.5) is 0 Å². The molecule has 0 spiro atoms. The maximum atomic E-state index is 13.1. The van der Waals surface area contributed by atoms with Gasteiger partial charge in [0.1, 0.15) is 19.3 Å². The molecule has 0 amide bonds. The predicted molar refractivity (Wildman–Crippen MR) is 395 cm³/mol. The van der Waals surface area contributed by atoms with E-state index in [0.29, 0.717) is 25.7 Å². The first kappa shape index (κ1) is 95.1. The standard InChI is InChI=1S/C78H152O17P2/c1-7-11-13-15-17-19-20-21-22-23-24-25-26-27-28-29-38-44-50-56-62-77(82)94-74(67-89-76(81)61-55-49-43-37-32-30-35-40-46-52-58-70(5)9-3)69-93-97(86,87)91-65-72(79)64-90-96(84,85)92-68-73(66-88-75(80)60-54-48-42-34-18-16-14-12-8-2)95-78(83)63-57-51-45-39-33-31-36-41-47-53-59-71(6)10-4/h70-74,79H,7-69H2,1-6H3,(H,84,85)(H,86,87)/t70?,71?,72-,73+,74+/m0/s1. The van der Waals surface area contributed by atoms with Crippen LogP contribution in [0.25, 0.3) is 0 Å². The first-order valence-corrected chi connectivity index (χ1v) is 43.6. The zero-order valence-corrected chi connectivity index (χ0v) is 65.2. The van der Waals surface area contributed by atoms with E-state index in [9.17, 15) is 43.2 Å². The molecule has 0 aromatic heterocycles. The van der Waals surface area contributed by atoms with Crippen LogP contribution in [-0.4, -0.2) is 96.7 Å². The fourth-order valence-corrected chi connectivity index (χ4v) is 13.5. The van der Waals surface area contributed by atoms with Gasteiger partial charge in [-0.1, -0.05) is 356 Å². The molecule has 0 heterocycles. The van der Waals surface area contributed by atoms with Gasteiger partial charge in [0.2, 0.25) is 0 Å². The van der Waals surface area contributed by atoms with Gasteiger partial charge in [-0.15, -0.1) is 0 Å². The summed E-state index contributed by atoms with van der Waals surface area (Å²) in [6.07, 6.45) is 58.2. The summed E-state index contributed by atoms with van der Waals surface area (Å²) in [5, 5.41) is 10.6. The monoisotopic (exact) mass is 1420 g/mol. The van der Waals surface area contributed by atoms with Crippen molar-refractivity contribution in [3.05, 3.63) is 0 Å². The van der Waals surface area contributed by atoms with E-state index in [4.69, 9.17) is 37.0 Å². The van der Waals surface area contributed by atoms with E-state index < -0.39 is 97.5 Å². The van der Waals surface area contributed by atoms with Gasteiger partial charge in [0.05, 0.1) is 26.4 Å². The second-order valence-corrected chi connectivity index (χ2v) is 31.5. The van der Waals surface area contributed by atoms with Gasteiger partial charge < -0.3 is 33.8 Å². The molecule has 0 aliphatic heterocycles. The van der Waals surface area contributed by atoms with Crippen LogP contribution in [0.1, 0.15) is 408 Å². The van der Waals surface area contributed by atoms with Crippen molar-refractivity contribution in [2.45, 2.75) is 426 Å². The topological polar surface area (TPSA) is 237 Å². The Balaban J connectivity index is 5.22. The van der Waals surface area contributed by atoms with Crippen LogP contribution < -0.4 is 0 Å². The lowest BCUT2D eigenvalue weighted by molar-refractivity contribution is -0.161. The molecule has 0 radical (unpaired) electrons. The maximum Gasteiger partial charge on any atom is 0.472 e. The highest BCUT2D eigenvalue weighted by molar-refractivity contribution is 7.47. The predicted octanol–water partition coefficient (Wildman–Crippen LogP) is 23.1. The highest BCUT2D eigenvalue weighted by atomic mass is 31.2. The number of carbonyl (C=O) groups excluding carboxylic acids is 4. The number of phosphoric acid groups is 2. The largest absolute Gasteiger partial charge is 0.472 e. The van der Waals surface area contributed by atoms with E-state index in [1.165, 1.54) is 225 Å². The molecule has 0 saturated heterocycles. The van der Waals surface area contributed by atoms with Crippen LogP contribution in [-0.2, 0) is 65.4 Å². The molecule has 0 fully saturated rings. The van der Waals surface area contributed by atoms with Crippen LogP contribution in [0.3, 0.4) is 0 Å². The first-order valence-electron chi connectivity index (χ1n) is 40.6. The Labute approximate surface area is 594 Å². The molecule has 0 aliphatic rings. The van der Waals surface area contributed by atoms with Gasteiger partial charge in [-0.3, -0.25) is 37.3 Å². The summed E-state index contributed by atoms with van der Waals surface area (Å²) < 4.78 is 68.6. The summed E-state index contributed by atoms with van der Waals surface area (Å²) in [7, 11) is -9.91. The molecular formula is C78H152O17P2. The number of ether oxygens (including phenoxy) is 4. The quantitative estimate of drug-likeness (QED) is 0.0222. The third-order valence-electron chi connectivity index (χ3n) is 18.9. The van der Waals surface area contributed by atoms with E-state index in [1.54, 1.807) is 0 Å². The average Bonchev–Trinajstić information content (AvgIpc) is 1.26. The lowest BCUT2D eigenvalue weighted by Crippen LogP contribution is -2.30. The van der Waals surface area contributed by atoms with Crippen LogP contribution >= 0.6 is 15.6 Å². The number of aliphatic hydroxyl groups is 1. The SMILES string of the molecule is CCCCCCCCCCCCCCCCCCCCCCC(=O)O[C@H](COC(=O)CCCCCCCCCCCCC(C)CC)COP(=O)(O)OC[C@@H](O)COP(=O)(O)OC[C@@H](COC(=O)CCCCCCCCCCC)OC(=O)CCCCCCCCCCCCC(C)CC. The highest BCUT2D eigenvalue weighted by Gasteiger charge is 2.30. The fraction of sp³-hybridized carbons (Fsp3) is 0.949. The molecule has 3 N–H and O–H groups in total. The van der Waals surface area contributed by atoms with Crippen molar-refractivity contribution in [2.24, 2.45) is 11.8 Å². The van der Waals surface area contributed by atoms with Gasteiger partial charge >= 0.3 is 39.5 Å². The van der Waals surface area contributed by atoms with E-state index in [0.717, 1.165) is 102 Å². The number of phosphoric ester groups is 2. The zero-order chi connectivity index (χ0) is 71.4. The molecule has 19 heteroatoms. The first-order chi connectivity index (χ1) is 46.9. The number of aliphatic hydroxyl groups excluding tert-OH is 1. The summed E-state index contributed by atoms with van der Waals surface area (Å²) in [6.45, 7) is 9.65. The van der Waals surface area contributed by atoms with Crippen molar-refractivity contribution in [1.82, 2.24) is 0 Å². The molecule has 97 heavy (non-hydrogen) atoms. The van der Waals surface area contributed by atoms with Crippen molar-refractivity contribution in [3.63, 3.8) is 0 Å². The number of esters is 4.